The molecule has 0 radical (unpaired) electrons. The second kappa shape index (κ2) is 8.46. The number of aromatic amines is 2. The van der Waals surface area contributed by atoms with Crippen molar-refractivity contribution in [1.82, 2.24) is 20.2 Å². The first kappa shape index (κ1) is 19.8. The molecule has 0 spiro atoms. The fraction of sp³-hybridized carbons (Fsp3) is 0.136. The molecular formula is C22H20N4O3S. The summed E-state index contributed by atoms with van der Waals surface area (Å²) in [6, 6.07) is 15.5. The molecule has 152 valence electrons. The zero-order chi connectivity index (χ0) is 21.1. The Bertz CT molecular complexity index is 1230. The Morgan fingerprint density at radius 3 is 2.67 bits per heavy atom. The summed E-state index contributed by atoms with van der Waals surface area (Å²) in [6.07, 6.45) is 2.36. The zero-order valence-corrected chi connectivity index (χ0v) is 17.3. The molecule has 4 aromatic rings. The molecular weight excluding hydrogens is 400 g/mol. The molecule has 2 heterocycles. The molecule has 0 saturated heterocycles. The number of H-pyrrole nitrogens is 2. The number of fused-ring (bicyclic) bond motifs is 1. The molecule has 0 aliphatic heterocycles. The van der Waals surface area contributed by atoms with Gasteiger partial charge in [-0.25, -0.2) is 9.78 Å². The molecule has 0 fully saturated rings. The van der Waals surface area contributed by atoms with Gasteiger partial charge in [0.15, 0.2) is 0 Å². The van der Waals surface area contributed by atoms with Crippen molar-refractivity contribution in [2.45, 2.75) is 18.5 Å². The fourth-order valence-corrected chi connectivity index (χ4v) is 3.92. The topological polar surface area (TPSA) is 104 Å². The first-order valence-corrected chi connectivity index (χ1v) is 10.2. The highest BCUT2D eigenvalue weighted by Crippen LogP contribution is 2.37. The number of nitrogens with zero attached hydrogens (tertiary/aromatic N) is 2. The number of hydrogen-bond donors (Lipinski definition) is 3. The van der Waals surface area contributed by atoms with Crippen molar-refractivity contribution in [1.29, 1.82) is 0 Å². The van der Waals surface area contributed by atoms with E-state index in [4.69, 9.17) is 4.74 Å². The van der Waals surface area contributed by atoms with Gasteiger partial charge in [0.25, 0.3) is 0 Å². The average Bonchev–Trinajstić information content (AvgIpc) is 3.38. The Morgan fingerprint density at radius 1 is 1.20 bits per heavy atom. The minimum atomic E-state index is -1.04. The molecule has 3 N–H and O–H groups in total. The molecule has 0 saturated carbocycles. The first-order chi connectivity index (χ1) is 14.6. The third-order valence-electron chi connectivity index (χ3n) is 4.65. The highest BCUT2D eigenvalue weighted by molar-refractivity contribution is 8.04. The SMILES string of the molecule is CCc1nc(S/C(=C\c2c(-c3ccccc3)[nH]c3c(OC)cccc23)C(=O)O)n[nH]1. The number of methoxy groups -OCH3 is 1. The van der Waals surface area contributed by atoms with E-state index in [1.807, 2.05) is 55.5 Å². The minimum Gasteiger partial charge on any atom is -0.495 e. The summed E-state index contributed by atoms with van der Waals surface area (Å²) in [5, 5.41) is 18.0. The van der Waals surface area contributed by atoms with Gasteiger partial charge in [-0.3, -0.25) is 5.10 Å². The Balaban J connectivity index is 1.89. The number of ether oxygens (including phenoxy) is 1. The number of aryl methyl sites for hydroxylation is 1. The maximum atomic E-state index is 12.0. The summed E-state index contributed by atoms with van der Waals surface area (Å²) in [5.74, 6) is 0.360. The van der Waals surface area contributed by atoms with Crippen LogP contribution in [-0.4, -0.2) is 38.4 Å². The lowest BCUT2D eigenvalue weighted by atomic mass is 10.0. The maximum absolute atomic E-state index is 12.0. The highest BCUT2D eigenvalue weighted by Gasteiger charge is 2.19. The number of hydrogen-bond acceptors (Lipinski definition) is 5. The van der Waals surface area contributed by atoms with Gasteiger partial charge in [0.1, 0.15) is 16.5 Å². The predicted octanol–water partition coefficient (Wildman–Crippen LogP) is 4.74. The van der Waals surface area contributed by atoms with E-state index in [2.05, 4.69) is 20.2 Å². The van der Waals surface area contributed by atoms with E-state index in [-0.39, 0.29) is 4.91 Å². The van der Waals surface area contributed by atoms with Crippen LogP contribution in [0.3, 0.4) is 0 Å². The van der Waals surface area contributed by atoms with Crippen LogP contribution in [0.2, 0.25) is 0 Å². The van der Waals surface area contributed by atoms with E-state index < -0.39 is 5.97 Å². The van der Waals surface area contributed by atoms with Gasteiger partial charge in [-0.05, 0) is 29.5 Å². The number of carbonyl (C=O) groups is 1. The number of carboxylic acid groups (broad SMARTS) is 1. The third kappa shape index (κ3) is 3.81. The monoisotopic (exact) mass is 420 g/mol. The molecule has 0 amide bonds. The van der Waals surface area contributed by atoms with Crippen molar-refractivity contribution in [2.24, 2.45) is 0 Å². The standard InChI is InChI=1S/C22H20N4O3S/c1-3-18-23-22(26-25-18)30-17(21(27)28)12-15-14-10-7-11-16(29-2)20(14)24-19(15)13-8-5-4-6-9-13/h4-12,24H,3H2,1-2H3,(H,27,28)(H,23,25,26)/b17-12-. The Morgan fingerprint density at radius 2 is 2.00 bits per heavy atom. The van der Waals surface area contributed by atoms with Crippen LogP contribution in [-0.2, 0) is 11.2 Å². The third-order valence-corrected chi connectivity index (χ3v) is 5.53. The van der Waals surface area contributed by atoms with Crippen LogP contribution in [0.4, 0.5) is 0 Å². The second-order valence-electron chi connectivity index (χ2n) is 6.50. The van der Waals surface area contributed by atoms with Gasteiger partial charge in [-0.2, -0.15) is 0 Å². The molecule has 0 bridgehead atoms. The second-order valence-corrected chi connectivity index (χ2v) is 7.51. The Kier molecular flexibility index (Phi) is 5.58. The molecule has 2 aromatic carbocycles. The van der Waals surface area contributed by atoms with Crippen LogP contribution in [0.15, 0.2) is 58.6 Å². The van der Waals surface area contributed by atoms with E-state index >= 15 is 0 Å². The van der Waals surface area contributed by atoms with Crippen molar-refractivity contribution in [3.63, 3.8) is 0 Å². The molecule has 4 rings (SSSR count). The average molecular weight is 420 g/mol. The number of nitrogens with one attached hydrogen (secondary N) is 2. The van der Waals surface area contributed by atoms with Crippen molar-refractivity contribution in [3.8, 4) is 17.0 Å². The van der Waals surface area contributed by atoms with Crippen LogP contribution in [0.5, 0.6) is 5.75 Å². The summed E-state index contributed by atoms with van der Waals surface area (Å²) >= 11 is 1.02. The van der Waals surface area contributed by atoms with Gasteiger partial charge in [0, 0.05) is 17.4 Å². The van der Waals surface area contributed by atoms with E-state index in [0.717, 1.165) is 39.5 Å². The van der Waals surface area contributed by atoms with Gasteiger partial charge in [0.05, 0.1) is 18.3 Å². The first-order valence-electron chi connectivity index (χ1n) is 9.39. The van der Waals surface area contributed by atoms with Gasteiger partial charge < -0.3 is 14.8 Å². The number of para-hydroxylation sites is 1. The summed E-state index contributed by atoms with van der Waals surface area (Å²) in [4.78, 5) is 19.9. The van der Waals surface area contributed by atoms with E-state index in [1.165, 1.54) is 0 Å². The molecule has 0 atom stereocenters. The lowest BCUT2D eigenvalue weighted by Gasteiger charge is -2.03. The molecule has 8 heteroatoms. The van der Waals surface area contributed by atoms with Gasteiger partial charge in [-0.15, -0.1) is 5.10 Å². The molecule has 0 aliphatic rings. The van der Waals surface area contributed by atoms with Gasteiger partial charge in [0.2, 0.25) is 5.16 Å². The van der Waals surface area contributed by atoms with E-state index in [9.17, 15) is 9.90 Å². The molecule has 0 aliphatic carbocycles. The maximum Gasteiger partial charge on any atom is 0.342 e. The number of rotatable bonds is 7. The van der Waals surface area contributed by atoms with Crippen LogP contribution in [0.1, 0.15) is 18.3 Å². The number of carboxylic acids is 1. The summed E-state index contributed by atoms with van der Waals surface area (Å²) in [6.45, 7) is 1.95. The lowest BCUT2D eigenvalue weighted by Crippen LogP contribution is -1.97. The number of aromatic nitrogens is 4. The summed E-state index contributed by atoms with van der Waals surface area (Å²) in [7, 11) is 1.61. The predicted molar refractivity (Wildman–Crippen MR) is 118 cm³/mol. The van der Waals surface area contributed by atoms with Crippen molar-refractivity contribution in [2.75, 3.05) is 7.11 Å². The van der Waals surface area contributed by atoms with Gasteiger partial charge in [-0.1, -0.05) is 49.4 Å². The quantitative estimate of drug-likeness (QED) is 0.295. The van der Waals surface area contributed by atoms with Crippen LogP contribution >= 0.6 is 11.8 Å². The van der Waals surface area contributed by atoms with E-state index in [0.29, 0.717) is 23.2 Å². The molecule has 2 aromatic heterocycles. The van der Waals surface area contributed by atoms with Gasteiger partial charge >= 0.3 is 5.97 Å². The van der Waals surface area contributed by atoms with Crippen LogP contribution in [0.25, 0.3) is 28.2 Å². The number of aliphatic carboxylic acids is 1. The largest absolute Gasteiger partial charge is 0.495 e. The van der Waals surface area contributed by atoms with Crippen molar-refractivity contribution < 1.29 is 14.6 Å². The van der Waals surface area contributed by atoms with Crippen molar-refractivity contribution in [3.05, 3.63) is 64.8 Å². The van der Waals surface area contributed by atoms with Crippen LogP contribution < -0.4 is 4.74 Å². The number of thioether (sulfide) groups is 1. The van der Waals surface area contributed by atoms with E-state index in [1.54, 1.807) is 13.2 Å². The number of benzene rings is 2. The Hall–Kier alpha value is -3.52. The minimum absolute atomic E-state index is 0.123. The summed E-state index contributed by atoms with van der Waals surface area (Å²) in [5.41, 5.74) is 3.35. The lowest BCUT2D eigenvalue weighted by molar-refractivity contribution is -0.131. The Labute approximate surface area is 177 Å². The normalized spacial score (nSPS) is 11.7. The molecule has 30 heavy (non-hydrogen) atoms. The zero-order valence-electron chi connectivity index (χ0n) is 16.5. The fourth-order valence-electron chi connectivity index (χ4n) is 3.21. The molecule has 0 unspecified atom stereocenters. The van der Waals surface area contributed by atoms with Crippen LogP contribution in [0, 0.1) is 0 Å². The van der Waals surface area contributed by atoms with Crippen molar-refractivity contribution >= 4 is 34.7 Å². The highest BCUT2D eigenvalue weighted by atomic mass is 32.2. The molecule has 7 nitrogen and oxygen atoms in total. The summed E-state index contributed by atoms with van der Waals surface area (Å²) < 4.78 is 5.50. The smallest absolute Gasteiger partial charge is 0.342 e.